The maximum atomic E-state index is 13.6. The number of nitrogens with one attached hydrogen (secondary N) is 1. The van der Waals surface area contributed by atoms with Gasteiger partial charge in [-0.25, -0.2) is 8.78 Å². The molecule has 1 amide bonds. The summed E-state index contributed by atoms with van der Waals surface area (Å²) in [4.78, 5) is 11.7. The first-order chi connectivity index (χ1) is 9.80. The van der Waals surface area contributed by atoms with Crippen LogP contribution in [0.25, 0.3) is 0 Å². The summed E-state index contributed by atoms with van der Waals surface area (Å²) in [6, 6.07) is -0.185. The van der Waals surface area contributed by atoms with Gasteiger partial charge in [-0.15, -0.1) is 0 Å². The van der Waals surface area contributed by atoms with Gasteiger partial charge in [0.25, 0.3) is 0 Å². The first kappa shape index (κ1) is 15.7. The zero-order valence-corrected chi connectivity index (χ0v) is 10.7. The molecule has 21 heavy (non-hydrogen) atoms. The zero-order chi connectivity index (χ0) is 15.6. The summed E-state index contributed by atoms with van der Waals surface area (Å²) in [5.74, 6) is -4.03. The number of rotatable bonds is 3. The van der Waals surface area contributed by atoms with Crippen molar-refractivity contribution in [2.45, 2.75) is 31.2 Å². The highest BCUT2D eigenvalue weighted by Crippen LogP contribution is 2.34. The predicted octanol–water partition coefficient (Wildman–Crippen LogP) is 2.86. The molecule has 0 bridgehead atoms. The Morgan fingerprint density at radius 2 is 2.05 bits per heavy atom. The largest absolute Gasteiger partial charge is 0.412 e. The average Bonchev–Trinajstić information content (AvgIpc) is 2.92. The van der Waals surface area contributed by atoms with E-state index >= 15 is 0 Å². The first-order valence-electron chi connectivity index (χ1n) is 6.23. The summed E-state index contributed by atoms with van der Waals surface area (Å²) in [5, 5.41) is 1.69. The Kier molecular flexibility index (Phi) is 4.46. The molecule has 2 rings (SSSR count). The molecule has 0 aliphatic carbocycles. The van der Waals surface area contributed by atoms with Crippen LogP contribution in [0.3, 0.4) is 0 Å². The van der Waals surface area contributed by atoms with Crippen LogP contribution in [0.4, 0.5) is 22.0 Å². The maximum Gasteiger partial charge on any atom is 0.412 e. The molecule has 1 aliphatic rings. The van der Waals surface area contributed by atoms with Gasteiger partial charge in [0, 0.05) is 12.2 Å². The van der Waals surface area contributed by atoms with Crippen LogP contribution in [0.15, 0.2) is 18.2 Å². The van der Waals surface area contributed by atoms with Crippen LogP contribution in [-0.2, 0) is 9.53 Å². The van der Waals surface area contributed by atoms with Crippen LogP contribution in [0.2, 0.25) is 0 Å². The van der Waals surface area contributed by atoms with Crippen molar-refractivity contribution in [3.63, 3.8) is 0 Å². The van der Waals surface area contributed by atoms with Gasteiger partial charge >= 0.3 is 6.18 Å². The second-order valence-electron chi connectivity index (χ2n) is 4.63. The summed E-state index contributed by atoms with van der Waals surface area (Å²) >= 11 is 0. The van der Waals surface area contributed by atoms with Crippen molar-refractivity contribution in [3.05, 3.63) is 35.4 Å². The molecule has 116 valence electrons. The van der Waals surface area contributed by atoms with E-state index in [0.717, 1.165) is 12.1 Å². The molecule has 8 heteroatoms. The standard InChI is InChI=1S/C13H12F5NO2/c14-8-4-1-3-7(10(8)15)11(13(16,17)18)19-12(20)9-5-2-6-21-9/h1,3-4,9,11H,2,5-6H2,(H,19,20)/t9-,11+/m0/s1. The third kappa shape index (κ3) is 3.49. The molecule has 1 heterocycles. The number of carbonyl (C=O) groups excluding carboxylic acids is 1. The van der Waals surface area contributed by atoms with E-state index in [1.807, 2.05) is 0 Å². The summed E-state index contributed by atoms with van der Waals surface area (Å²) in [6.07, 6.45) is -5.10. The van der Waals surface area contributed by atoms with Crippen molar-refractivity contribution in [1.82, 2.24) is 5.32 Å². The SMILES string of the molecule is O=C(N[C@H](c1cccc(F)c1F)C(F)(F)F)[C@@H]1CCCO1. The Morgan fingerprint density at radius 1 is 1.33 bits per heavy atom. The lowest BCUT2D eigenvalue weighted by Crippen LogP contribution is -2.43. The molecular weight excluding hydrogens is 297 g/mol. The van der Waals surface area contributed by atoms with Gasteiger partial charge in [0.2, 0.25) is 5.91 Å². The van der Waals surface area contributed by atoms with Gasteiger partial charge < -0.3 is 10.1 Å². The van der Waals surface area contributed by atoms with Gasteiger partial charge in [-0.1, -0.05) is 12.1 Å². The monoisotopic (exact) mass is 309 g/mol. The van der Waals surface area contributed by atoms with Gasteiger partial charge in [0.1, 0.15) is 6.10 Å². The van der Waals surface area contributed by atoms with Crippen molar-refractivity contribution in [2.24, 2.45) is 0 Å². The molecule has 0 radical (unpaired) electrons. The van der Waals surface area contributed by atoms with Gasteiger partial charge in [-0.05, 0) is 18.9 Å². The first-order valence-corrected chi connectivity index (χ1v) is 6.23. The van der Waals surface area contributed by atoms with E-state index < -0.39 is 41.4 Å². The number of alkyl halides is 3. The molecule has 0 aromatic heterocycles. The third-order valence-electron chi connectivity index (χ3n) is 3.13. The van der Waals surface area contributed by atoms with Crippen LogP contribution in [-0.4, -0.2) is 24.8 Å². The van der Waals surface area contributed by atoms with Crippen molar-refractivity contribution < 1.29 is 31.5 Å². The normalized spacial score (nSPS) is 20.3. The average molecular weight is 309 g/mol. The fourth-order valence-electron chi connectivity index (χ4n) is 2.10. The van der Waals surface area contributed by atoms with Crippen molar-refractivity contribution in [3.8, 4) is 0 Å². The second-order valence-corrected chi connectivity index (χ2v) is 4.63. The lowest BCUT2D eigenvalue weighted by atomic mass is 10.0. The van der Waals surface area contributed by atoms with Crippen LogP contribution in [0, 0.1) is 11.6 Å². The molecule has 1 aliphatic heterocycles. The van der Waals surface area contributed by atoms with E-state index in [0.29, 0.717) is 18.9 Å². The summed E-state index contributed by atoms with van der Waals surface area (Å²) in [7, 11) is 0. The molecule has 1 fully saturated rings. The Balaban J connectivity index is 2.26. The van der Waals surface area contributed by atoms with Crippen LogP contribution < -0.4 is 5.32 Å². The van der Waals surface area contributed by atoms with E-state index in [4.69, 9.17) is 4.74 Å². The molecule has 3 nitrogen and oxygen atoms in total. The minimum Gasteiger partial charge on any atom is -0.368 e. The van der Waals surface area contributed by atoms with E-state index in [9.17, 15) is 26.7 Å². The van der Waals surface area contributed by atoms with E-state index in [2.05, 4.69) is 0 Å². The molecule has 1 N–H and O–H groups in total. The van der Waals surface area contributed by atoms with Gasteiger partial charge in [0.15, 0.2) is 17.7 Å². The Morgan fingerprint density at radius 3 is 2.62 bits per heavy atom. The summed E-state index contributed by atoms with van der Waals surface area (Å²) in [6.45, 7) is 0.281. The van der Waals surface area contributed by atoms with Gasteiger partial charge in [-0.3, -0.25) is 4.79 Å². The molecule has 1 aromatic rings. The molecular formula is C13H12F5NO2. The van der Waals surface area contributed by atoms with Gasteiger partial charge in [-0.2, -0.15) is 13.2 Å². The van der Waals surface area contributed by atoms with E-state index in [-0.39, 0.29) is 6.61 Å². The highest BCUT2D eigenvalue weighted by atomic mass is 19.4. The number of hydrogen-bond acceptors (Lipinski definition) is 2. The Hall–Kier alpha value is -1.70. The van der Waals surface area contributed by atoms with E-state index in [1.165, 1.54) is 0 Å². The second kappa shape index (κ2) is 5.97. The molecule has 1 saturated heterocycles. The quantitative estimate of drug-likeness (QED) is 0.872. The summed E-state index contributed by atoms with van der Waals surface area (Å²) in [5.41, 5.74) is -0.964. The molecule has 0 unspecified atom stereocenters. The van der Waals surface area contributed by atoms with Crippen molar-refractivity contribution in [1.29, 1.82) is 0 Å². The van der Waals surface area contributed by atoms with Crippen LogP contribution in [0.1, 0.15) is 24.4 Å². The van der Waals surface area contributed by atoms with Crippen molar-refractivity contribution in [2.75, 3.05) is 6.61 Å². The van der Waals surface area contributed by atoms with Crippen LogP contribution >= 0.6 is 0 Å². The molecule has 0 spiro atoms. The highest BCUT2D eigenvalue weighted by molar-refractivity contribution is 5.81. The van der Waals surface area contributed by atoms with Crippen LogP contribution in [0.5, 0.6) is 0 Å². The Bertz CT molecular complexity index is 526. The number of hydrogen-bond donors (Lipinski definition) is 1. The molecule has 1 aromatic carbocycles. The third-order valence-corrected chi connectivity index (χ3v) is 3.13. The van der Waals surface area contributed by atoms with Crippen molar-refractivity contribution >= 4 is 5.91 Å². The minimum absolute atomic E-state index is 0.281. The van der Waals surface area contributed by atoms with E-state index in [1.54, 1.807) is 5.32 Å². The lowest BCUT2D eigenvalue weighted by Gasteiger charge is -2.24. The number of ether oxygens (including phenoxy) is 1. The summed E-state index contributed by atoms with van der Waals surface area (Å²) < 4.78 is 70.7. The zero-order valence-electron chi connectivity index (χ0n) is 10.7. The topological polar surface area (TPSA) is 38.3 Å². The minimum atomic E-state index is -4.96. The fraction of sp³-hybridized carbons (Fsp3) is 0.462. The number of benzene rings is 1. The highest BCUT2D eigenvalue weighted by Gasteiger charge is 2.44. The smallest absolute Gasteiger partial charge is 0.368 e. The lowest BCUT2D eigenvalue weighted by molar-refractivity contribution is -0.166. The predicted molar refractivity (Wildman–Crippen MR) is 62.3 cm³/mol. The Labute approximate surface area is 117 Å². The maximum absolute atomic E-state index is 13.6. The fourth-order valence-corrected chi connectivity index (χ4v) is 2.10. The number of carbonyl (C=O) groups is 1. The number of halogens is 5. The number of amides is 1. The molecule has 0 saturated carbocycles. The van der Waals surface area contributed by atoms with Gasteiger partial charge in [0.05, 0.1) is 0 Å². The molecule has 2 atom stereocenters.